The van der Waals surface area contributed by atoms with Gasteiger partial charge in [0.15, 0.2) is 0 Å². The Kier molecular flexibility index (Phi) is 7.48. The lowest BCUT2D eigenvalue weighted by Gasteiger charge is -2.22. The molecule has 0 aliphatic rings. The zero-order chi connectivity index (χ0) is 18.8. The van der Waals surface area contributed by atoms with Crippen molar-refractivity contribution in [1.82, 2.24) is 0 Å². The smallest absolute Gasteiger partial charge is 0.134 e. The molecule has 0 unspecified atom stereocenters. The molecule has 0 aliphatic heterocycles. The lowest BCUT2D eigenvalue weighted by atomic mass is 10.1. The molecule has 0 aromatic heterocycles. The van der Waals surface area contributed by atoms with Gasteiger partial charge in [-0.2, -0.15) is 0 Å². The third-order valence-electron chi connectivity index (χ3n) is 3.91. The molecular formula is C21H27NO4. The van der Waals surface area contributed by atoms with Crippen LogP contribution in [0.5, 0.6) is 11.5 Å². The Morgan fingerprint density at radius 3 is 2.19 bits per heavy atom. The standard InChI is InChI=1S/C21H27NO4/c1-21(2,13-14-25-16-17-9-6-5-7-10-17)26-22-15-18-19(23-3)11-8-12-20(18)24-4/h5-12,15H,13-14,16H2,1-4H3/b22-15+. The molecule has 0 saturated carbocycles. The van der Waals surface area contributed by atoms with Gasteiger partial charge in [-0.15, -0.1) is 0 Å². The number of oxime groups is 1. The summed E-state index contributed by atoms with van der Waals surface area (Å²) in [6.07, 6.45) is 2.34. The predicted molar refractivity (Wildman–Crippen MR) is 103 cm³/mol. The molecule has 0 aliphatic carbocycles. The molecule has 0 saturated heterocycles. The minimum atomic E-state index is -0.442. The summed E-state index contributed by atoms with van der Waals surface area (Å²) in [7, 11) is 3.22. The van der Waals surface area contributed by atoms with E-state index >= 15 is 0 Å². The highest BCUT2D eigenvalue weighted by atomic mass is 16.6. The fourth-order valence-corrected chi connectivity index (χ4v) is 2.36. The van der Waals surface area contributed by atoms with Gasteiger partial charge < -0.3 is 19.0 Å². The van der Waals surface area contributed by atoms with E-state index < -0.39 is 5.60 Å². The average molecular weight is 357 g/mol. The van der Waals surface area contributed by atoms with Gasteiger partial charge in [-0.1, -0.05) is 41.6 Å². The van der Waals surface area contributed by atoms with Crippen LogP contribution in [0.3, 0.4) is 0 Å². The fourth-order valence-electron chi connectivity index (χ4n) is 2.36. The zero-order valence-corrected chi connectivity index (χ0v) is 15.9. The topological polar surface area (TPSA) is 49.3 Å². The van der Waals surface area contributed by atoms with E-state index in [2.05, 4.69) is 5.16 Å². The maximum atomic E-state index is 5.72. The third-order valence-corrected chi connectivity index (χ3v) is 3.91. The Balaban J connectivity index is 1.84. The second-order valence-electron chi connectivity index (χ2n) is 6.45. The second-order valence-corrected chi connectivity index (χ2v) is 6.45. The summed E-state index contributed by atoms with van der Waals surface area (Å²) in [5.74, 6) is 1.36. The van der Waals surface area contributed by atoms with Gasteiger partial charge in [-0.25, -0.2) is 0 Å². The average Bonchev–Trinajstić information content (AvgIpc) is 2.66. The molecular weight excluding hydrogens is 330 g/mol. The molecule has 26 heavy (non-hydrogen) atoms. The SMILES string of the molecule is COc1cccc(OC)c1/C=N/OC(C)(C)CCOCc1ccccc1. The van der Waals surface area contributed by atoms with Crippen molar-refractivity contribution in [2.75, 3.05) is 20.8 Å². The van der Waals surface area contributed by atoms with E-state index in [4.69, 9.17) is 19.0 Å². The van der Waals surface area contributed by atoms with E-state index in [0.717, 1.165) is 17.5 Å². The van der Waals surface area contributed by atoms with Crippen LogP contribution in [0.25, 0.3) is 0 Å². The Labute approximate surface area is 155 Å². The van der Waals surface area contributed by atoms with Crippen LogP contribution >= 0.6 is 0 Å². The maximum absolute atomic E-state index is 5.72. The van der Waals surface area contributed by atoms with Crippen molar-refractivity contribution in [3.63, 3.8) is 0 Å². The minimum absolute atomic E-state index is 0.442. The summed E-state index contributed by atoms with van der Waals surface area (Å²) in [4.78, 5) is 5.66. The molecule has 2 aromatic rings. The van der Waals surface area contributed by atoms with Crippen LogP contribution in [-0.2, 0) is 16.2 Å². The molecule has 5 heteroatoms. The molecule has 5 nitrogen and oxygen atoms in total. The Bertz CT molecular complexity index is 676. The van der Waals surface area contributed by atoms with Crippen LogP contribution in [0.2, 0.25) is 0 Å². The molecule has 0 heterocycles. The highest BCUT2D eigenvalue weighted by molar-refractivity contribution is 5.87. The Morgan fingerprint density at radius 1 is 0.923 bits per heavy atom. The minimum Gasteiger partial charge on any atom is -0.496 e. The number of ether oxygens (including phenoxy) is 3. The monoisotopic (exact) mass is 357 g/mol. The lowest BCUT2D eigenvalue weighted by molar-refractivity contribution is -0.0396. The summed E-state index contributed by atoms with van der Waals surface area (Å²) < 4.78 is 16.4. The first-order valence-electron chi connectivity index (χ1n) is 8.60. The molecule has 0 amide bonds. The summed E-state index contributed by atoms with van der Waals surface area (Å²) in [6, 6.07) is 15.7. The van der Waals surface area contributed by atoms with Gasteiger partial charge in [0, 0.05) is 6.42 Å². The quantitative estimate of drug-likeness (QED) is 0.358. The van der Waals surface area contributed by atoms with Crippen molar-refractivity contribution in [3.8, 4) is 11.5 Å². The molecule has 140 valence electrons. The highest BCUT2D eigenvalue weighted by Gasteiger charge is 2.19. The van der Waals surface area contributed by atoms with Gasteiger partial charge in [0.25, 0.3) is 0 Å². The normalized spacial score (nSPS) is 11.5. The van der Waals surface area contributed by atoms with Crippen molar-refractivity contribution in [3.05, 3.63) is 59.7 Å². The van der Waals surface area contributed by atoms with Crippen molar-refractivity contribution in [1.29, 1.82) is 0 Å². The van der Waals surface area contributed by atoms with Gasteiger partial charge >= 0.3 is 0 Å². The molecule has 0 atom stereocenters. The summed E-state index contributed by atoms with van der Waals surface area (Å²) >= 11 is 0. The first-order chi connectivity index (χ1) is 12.6. The van der Waals surface area contributed by atoms with E-state index in [1.54, 1.807) is 20.4 Å². The van der Waals surface area contributed by atoms with Crippen molar-refractivity contribution in [2.24, 2.45) is 5.16 Å². The summed E-state index contributed by atoms with van der Waals surface area (Å²) in [6.45, 7) is 5.15. The van der Waals surface area contributed by atoms with Crippen LogP contribution in [0.15, 0.2) is 53.7 Å². The fraction of sp³-hybridized carbons (Fsp3) is 0.381. The first-order valence-corrected chi connectivity index (χ1v) is 8.60. The van der Waals surface area contributed by atoms with Crippen molar-refractivity contribution < 1.29 is 19.0 Å². The first kappa shape index (κ1) is 19.8. The van der Waals surface area contributed by atoms with Crippen LogP contribution in [0, 0.1) is 0 Å². The van der Waals surface area contributed by atoms with Crippen LogP contribution in [0.1, 0.15) is 31.4 Å². The van der Waals surface area contributed by atoms with Crippen LogP contribution in [-0.4, -0.2) is 32.6 Å². The number of benzene rings is 2. The van der Waals surface area contributed by atoms with E-state index in [1.807, 2.05) is 62.4 Å². The number of methoxy groups -OCH3 is 2. The zero-order valence-electron chi connectivity index (χ0n) is 15.9. The number of hydrogen-bond acceptors (Lipinski definition) is 5. The van der Waals surface area contributed by atoms with Gasteiger partial charge in [-0.3, -0.25) is 0 Å². The summed E-state index contributed by atoms with van der Waals surface area (Å²) in [5, 5.41) is 4.13. The number of rotatable bonds is 10. The van der Waals surface area contributed by atoms with Gasteiger partial charge in [-0.05, 0) is 31.5 Å². The second kappa shape index (κ2) is 9.82. The molecule has 0 radical (unpaired) electrons. The molecule has 0 spiro atoms. The Morgan fingerprint density at radius 2 is 1.58 bits per heavy atom. The number of hydrogen-bond donors (Lipinski definition) is 0. The van der Waals surface area contributed by atoms with Gasteiger partial charge in [0.05, 0.1) is 39.2 Å². The molecule has 0 N–H and O–H groups in total. The summed E-state index contributed by atoms with van der Waals surface area (Å²) in [5.41, 5.74) is 1.46. The van der Waals surface area contributed by atoms with Gasteiger partial charge in [0.1, 0.15) is 17.1 Å². The van der Waals surface area contributed by atoms with E-state index in [9.17, 15) is 0 Å². The number of nitrogens with zero attached hydrogens (tertiary/aromatic N) is 1. The van der Waals surface area contributed by atoms with Crippen molar-refractivity contribution in [2.45, 2.75) is 32.5 Å². The molecule has 2 rings (SSSR count). The highest BCUT2D eigenvalue weighted by Crippen LogP contribution is 2.26. The maximum Gasteiger partial charge on any atom is 0.134 e. The molecule has 2 aromatic carbocycles. The van der Waals surface area contributed by atoms with Crippen LogP contribution < -0.4 is 9.47 Å². The largest absolute Gasteiger partial charge is 0.496 e. The lowest BCUT2D eigenvalue weighted by Crippen LogP contribution is -2.24. The third kappa shape index (κ3) is 6.08. The van der Waals surface area contributed by atoms with Crippen LogP contribution in [0.4, 0.5) is 0 Å². The predicted octanol–water partition coefficient (Wildman–Crippen LogP) is 4.44. The Hall–Kier alpha value is -2.53. The van der Waals surface area contributed by atoms with E-state index in [1.165, 1.54) is 0 Å². The molecule has 0 fully saturated rings. The van der Waals surface area contributed by atoms with E-state index in [-0.39, 0.29) is 0 Å². The molecule has 0 bridgehead atoms. The van der Waals surface area contributed by atoms with Crippen molar-refractivity contribution >= 4 is 6.21 Å². The van der Waals surface area contributed by atoms with Gasteiger partial charge in [0.2, 0.25) is 0 Å². The van der Waals surface area contributed by atoms with E-state index in [0.29, 0.717) is 24.7 Å².